The number of carboxylic acid groups (broad SMARTS) is 1. The molecule has 1 unspecified atom stereocenters. The van der Waals surface area contributed by atoms with E-state index in [9.17, 15) is 9.59 Å². The van der Waals surface area contributed by atoms with Crippen LogP contribution in [0.25, 0.3) is 0 Å². The summed E-state index contributed by atoms with van der Waals surface area (Å²) >= 11 is 0. The average Bonchev–Trinajstić information content (AvgIpc) is 3.04. The molecule has 0 saturated carbocycles. The quantitative estimate of drug-likeness (QED) is 0.744. The van der Waals surface area contributed by atoms with E-state index < -0.39 is 5.97 Å². The van der Waals surface area contributed by atoms with Crippen LogP contribution in [0.4, 0.5) is 0 Å². The minimum Gasteiger partial charge on any atom is -0.476 e. The maximum atomic E-state index is 12.2. The van der Waals surface area contributed by atoms with Crippen LogP contribution < -0.4 is 0 Å². The molecule has 8 heteroatoms. The Kier molecular flexibility index (Phi) is 4.67. The van der Waals surface area contributed by atoms with E-state index in [2.05, 4.69) is 10.3 Å². The highest BCUT2D eigenvalue weighted by Gasteiger charge is 2.28. The number of carbonyl (C=O) groups excluding carboxylic acids is 1. The van der Waals surface area contributed by atoms with Crippen LogP contribution >= 0.6 is 0 Å². The van der Waals surface area contributed by atoms with Gasteiger partial charge < -0.3 is 15.1 Å². The van der Waals surface area contributed by atoms with Crippen LogP contribution in [0.3, 0.4) is 0 Å². The summed E-state index contributed by atoms with van der Waals surface area (Å²) in [5.74, 6) is -1.25. The van der Waals surface area contributed by atoms with Crippen molar-refractivity contribution in [3.8, 4) is 0 Å². The summed E-state index contributed by atoms with van der Waals surface area (Å²) in [6.45, 7) is 0.828. The molecule has 0 radical (unpaired) electrons. The molecule has 0 aromatic carbocycles. The first-order valence-electron chi connectivity index (χ1n) is 6.65. The van der Waals surface area contributed by atoms with Gasteiger partial charge in [-0.1, -0.05) is 5.21 Å². The minimum atomic E-state index is -1.16. The van der Waals surface area contributed by atoms with Crippen molar-refractivity contribution >= 4 is 11.9 Å². The lowest BCUT2D eigenvalue weighted by atomic mass is 10.1. The number of aromatic carboxylic acids is 1. The number of nitrogens with zero attached hydrogens (tertiary/aromatic N) is 4. The van der Waals surface area contributed by atoms with Gasteiger partial charge in [0.25, 0.3) is 0 Å². The summed E-state index contributed by atoms with van der Waals surface area (Å²) in [5, 5.41) is 24.7. The van der Waals surface area contributed by atoms with Gasteiger partial charge in [-0.05, 0) is 25.7 Å². The fourth-order valence-corrected chi connectivity index (χ4v) is 2.49. The van der Waals surface area contributed by atoms with E-state index in [4.69, 9.17) is 10.2 Å². The van der Waals surface area contributed by atoms with Gasteiger partial charge in [-0.25, -0.2) is 9.48 Å². The molecule has 8 nitrogen and oxygen atoms in total. The molecule has 2 rings (SSSR count). The third kappa shape index (κ3) is 3.32. The third-order valence-electron chi connectivity index (χ3n) is 3.45. The fraction of sp³-hybridized carbons (Fsp3) is 0.667. The van der Waals surface area contributed by atoms with Crippen molar-refractivity contribution in [2.45, 2.75) is 38.3 Å². The van der Waals surface area contributed by atoms with E-state index in [1.54, 1.807) is 4.90 Å². The number of aliphatic hydroxyl groups excluding tert-OH is 1. The van der Waals surface area contributed by atoms with Crippen molar-refractivity contribution in [3.63, 3.8) is 0 Å². The number of aliphatic hydroxyl groups is 1. The fourth-order valence-electron chi connectivity index (χ4n) is 2.49. The Bertz CT molecular complexity index is 488. The molecule has 110 valence electrons. The maximum Gasteiger partial charge on any atom is 0.358 e. The third-order valence-corrected chi connectivity index (χ3v) is 3.45. The van der Waals surface area contributed by atoms with Crippen molar-refractivity contribution < 1.29 is 19.8 Å². The Morgan fingerprint density at radius 2 is 2.25 bits per heavy atom. The lowest BCUT2D eigenvalue weighted by Crippen LogP contribution is -2.38. The van der Waals surface area contributed by atoms with E-state index in [1.165, 1.54) is 10.9 Å². The molecule has 2 N–H and O–H groups in total. The molecule has 1 amide bonds. The van der Waals surface area contributed by atoms with Gasteiger partial charge in [-0.2, -0.15) is 0 Å². The first kappa shape index (κ1) is 14.4. The number of carboxylic acids is 1. The van der Waals surface area contributed by atoms with E-state index in [-0.39, 0.29) is 30.8 Å². The normalized spacial score (nSPS) is 18.4. The Morgan fingerprint density at radius 1 is 1.45 bits per heavy atom. The standard InChI is InChI=1S/C12H18N4O4/c17-6-2-4-9-3-1-5-16(9)11(18)8-15-7-10(12(19)20)13-14-15/h7,9,17H,1-6,8H2,(H,19,20). The predicted molar refractivity (Wildman–Crippen MR) is 68.0 cm³/mol. The minimum absolute atomic E-state index is 0.00406. The summed E-state index contributed by atoms with van der Waals surface area (Å²) in [7, 11) is 0. The van der Waals surface area contributed by atoms with Crippen molar-refractivity contribution in [3.05, 3.63) is 11.9 Å². The van der Waals surface area contributed by atoms with Gasteiger partial charge in [0.15, 0.2) is 5.69 Å². The Hall–Kier alpha value is -1.96. The van der Waals surface area contributed by atoms with Gasteiger partial charge in [-0.3, -0.25) is 4.79 Å². The number of hydrogen-bond acceptors (Lipinski definition) is 5. The van der Waals surface area contributed by atoms with E-state index >= 15 is 0 Å². The lowest BCUT2D eigenvalue weighted by Gasteiger charge is -2.24. The molecule has 20 heavy (non-hydrogen) atoms. The smallest absolute Gasteiger partial charge is 0.358 e. The summed E-state index contributed by atoms with van der Waals surface area (Å²) in [4.78, 5) is 24.7. The van der Waals surface area contributed by atoms with Crippen molar-refractivity contribution in [1.82, 2.24) is 19.9 Å². The zero-order chi connectivity index (χ0) is 14.5. The molecular weight excluding hydrogens is 264 g/mol. The molecule has 0 aliphatic carbocycles. The molecule has 1 fully saturated rings. The molecular formula is C12H18N4O4. The van der Waals surface area contributed by atoms with Crippen molar-refractivity contribution in [2.75, 3.05) is 13.2 Å². The molecule has 1 aromatic heterocycles. The molecule has 0 spiro atoms. The van der Waals surface area contributed by atoms with Crippen LogP contribution in [-0.4, -0.2) is 61.2 Å². The van der Waals surface area contributed by atoms with E-state index in [0.29, 0.717) is 13.0 Å². The van der Waals surface area contributed by atoms with Gasteiger partial charge in [-0.15, -0.1) is 5.10 Å². The lowest BCUT2D eigenvalue weighted by molar-refractivity contribution is -0.133. The second kappa shape index (κ2) is 6.47. The Labute approximate surface area is 116 Å². The summed E-state index contributed by atoms with van der Waals surface area (Å²) < 4.78 is 1.24. The highest BCUT2D eigenvalue weighted by atomic mass is 16.4. The largest absolute Gasteiger partial charge is 0.476 e. The van der Waals surface area contributed by atoms with Gasteiger partial charge in [0.1, 0.15) is 6.54 Å². The SMILES string of the molecule is O=C(O)c1cn(CC(=O)N2CCCC2CCCO)nn1. The zero-order valence-corrected chi connectivity index (χ0v) is 11.1. The number of rotatable bonds is 6. The number of carbonyl (C=O) groups is 2. The highest BCUT2D eigenvalue weighted by molar-refractivity contribution is 5.84. The molecule has 1 atom stereocenters. The molecule has 1 aromatic rings. The van der Waals surface area contributed by atoms with Crippen LogP contribution in [0.2, 0.25) is 0 Å². The second-order valence-electron chi connectivity index (χ2n) is 4.86. The van der Waals surface area contributed by atoms with Gasteiger partial charge in [0.05, 0.1) is 6.20 Å². The first-order valence-corrected chi connectivity index (χ1v) is 6.65. The number of likely N-dealkylation sites (tertiary alicyclic amines) is 1. The van der Waals surface area contributed by atoms with Crippen LogP contribution in [0, 0.1) is 0 Å². The first-order chi connectivity index (χ1) is 9.61. The molecule has 1 saturated heterocycles. The number of hydrogen-bond donors (Lipinski definition) is 2. The summed E-state index contributed by atoms with van der Waals surface area (Å²) in [6, 6.07) is 0.164. The predicted octanol–water partition coefficient (Wildman–Crippen LogP) is -0.260. The van der Waals surface area contributed by atoms with Crippen molar-refractivity contribution in [2.24, 2.45) is 0 Å². The molecule has 1 aliphatic rings. The summed E-state index contributed by atoms with van der Waals surface area (Å²) in [5.41, 5.74) is -0.170. The second-order valence-corrected chi connectivity index (χ2v) is 4.86. The van der Waals surface area contributed by atoms with Gasteiger partial charge in [0.2, 0.25) is 5.91 Å². The van der Waals surface area contributed by atoms with Gasteiger partial charge in [0, 0.05) is 19.2 Å². The average molecular weight is 282 g/mol. The monoisotopic (exact) mass is 282 g/mol. The highest BCUT2D eigenvalue weighted by Crippen LogP contribution is 2.21. The van der Waals surface area contributed by atoms with Crippen LogP contribution in [0.1, 0.15) is 36.2 Å². The number of amides is 1. The number of aromatic nitrogens is 3. The Morgan fingerprint density at radius 3 is 2.90 bits per heavy atom. The molecule has 2 heterocycles. The molecule has 0 bridgehead atoms. The van der Waals surface area contributed by atoms with Gasteiger partial charge >= 0.3 is 5.97 Å². The zero-order valence-electron chi connectivity index (χ0n) is 11.1. The van der Waals surface area contributed by atoms with Crippen LogP contribution in [0.15, 0.2) is 6.20 Å². The van der Waals surface area contributed by atoms with E-state index in [1.807, 2.05) is 0 Å². The van der Waals surface area contributed by atoms with Crippen molar-refractivity contribution in [1.29, 1.82) is 0 Å². The van der Waals surface area contributed by atoms with E-state index in [0.717, 1.165) is 19.3 Å². The molecule has 1 aliphatic heterocycles. The topological polar surface area (TPSA) is 109 Å². The summed E-state index contributed by atoms with van der Waals surface area (Å²) in [6.07, 6.45) is 4.63. The maximum absolute atomic E-state index is 12.2. The van der Waals surface area contributed by atoms with Crippen LogP contribution in [-0.2, 0) is 11.3 Å². The Balaban J connectivity index is 1.94. The van der Waals surface area contributed by atoms with Crippen LogP contribution in [0.5, 0.6) is 0 Å².